The molecule has 1 aromatic carbocycles. The van der Waals surface area contributed by atoms with Crippen molar-refractivity contribution in [2.75, 3.05) is 0 Å². The zero-order chi connectivity index (χ0) is 9.52. The fourth-order valence-corrected chi connectivity index (χ4v) is 0.892. The Hall–Kier alpha value is -1.64. The maximum Gasteiger partial charge on any atom is 0.227 e. The maximum atomic E-state index is 10.1. The molecule has 3 nitrogen and oxygen atoms in total. The zero-order valence-electron chi connectivity index (χ0n) is 7.19. The molecule has 2 rings (SSSR count). The summed E-state index contributed by atoms with van der Waals surface area (Å²) in [5, 5.41) is 2.14. The monoisotopic (exact) mass is 177 g/mol. The molecule has 1 N–H and O–H groups in total. The first-order valence-electron chi connectivity index (χ1n) is 4.12. The quantitative estimate of drug-likeness (QED) is 0.603. The molecule has 0 radical (unpaired) electrons. The highest BCUT2D eigenvalue weighted by Gasteiger charge is 2.15. The Balaban J connectivity index is 0.000000132. The van der Waals surface area contributed by atoms with E-state index in [1.807, 2.05) is 36.4 Å². The third-order valence-electron chi connectivity index (χ3n) is 1.52. The minimum Gasteiger partial charge on any atom is -0.296 e. The first kappa shape index (κ1) is 9.45. The van der Waals surface area contributed by atoms with Crippen LogP contribution < -0.4 is 5.32 Å². The molecule has 3 heteroatoms. The summed E-state index contributed by atoms with van der Waals surface area (Å²) in [5.74, 6) is -0.296. The van der Waals surface area contributed by atoms with Crippen LogP contribution in [0.2, 0.25) is 0 Å². The molecular formula is C10H11NO2. The van der Waals surface area contributed by atoms with E-state index < -0.39 is 0 Å². The number of carbonyl (C=O) groups excluding carboxylic acids is 2. The van der Waals surface area contributed by atoms with Crippen molar-refractivity contribution < 1.29 is 9.59 Å². The molecule has 0 bridgehead atoms. The first-order chi connectivity index (χ1) is 6.29. The van der Waals surface area contributed by atoms with Gasteiger partial charge in [0.1, 0.15) is 0 Å². The van der Waals surface area contributed by atoms with Crippen LogP contribution >= 0.6 is 0 Å². The van der Waals surface area contributed by atoms with Gasteiger partial charge in [0, 0.05) is 12.8 Å². The van der Waals surface area contributed by atoms with Gasteiger partial charge in [-0.15, -0.1) is 0 Å². The normalized spacial score (nSPS) is 14.5. The van der Waals surface area contributed by atoms with Crippen LogP contribution in [0.4, 0.5) is 0 Å². The lowest BCUT2D eigenvalue weighted by Gasteiger charge is -1.79. The SMILES string of the molecule is O=C1CCC(=O)N1.c1ccccc1. The highest BCUT2D eigenvalue weighted by atomic mass is 16.2. The minimum atomic E-state index is -0.148. The number of amides is 2. The van der Waals surface area contributed by atoms with E-state index in [9.17, 15) is 9.59 Å². The van der Waals surface area contributed by atoms with Crippen molar-refractivity contribution >= 4 is 11.8 Å². The first-order valence-corrected chi connectivity index (χ1v) is 4.12. The molecule has 1 heterocycles. The van der Waals surface area contributed by atoms with Crippen molar-refractivity contribution in [1.29, 1.82) is 0 Å². The number of hydrogen-bond donors (Lipinski definition) is 1. The van der Waals surface area contributed by atoms with E-state index in [1.54, 1.807) is 0 Å². The molecule has 0 aliphatic carbocycles. The van der Waals surface area contributed by atoms with Gasteiger partial charge >= 0.3 is 0 Å². The molecule has 13 heavy (non-hydrogen) atoms. The molecule has 1 saturated heterocycles. The van der Waals surface area contributed by atoms with Crippen LogP contribution in [0.25, 0.3) is 0 Å². The van der Waals surface area contributed by atoms with Crippen LogP contribution in [0.3, 0.4) is 0 Å². The molecule has 0 atom stereocenters. The summed E-state index contributed by atoms with van der Waals surface area (Å²) in [6.07, 6.45) is 0.748. The van der Waals surface area contributed by atoms with Gasteiger partial charge in [-0.1, -0.05) is 36.4 Å². The lowest BCUT2D eigenvalue weighted by atomic mass is 10.4. The highest BCUT2D eigenvalue weighted by molar-refractivity contribution is 6.01. The average Bonchev–Trinajstić information content (AvgIpc) is 2.54. The predicted octanol–water partition coefficient (Wildman–Crippen LogP) is 1.11. The Morgan fingerprint density at radius 3 is 1.23 bits per heavy atom. The minimum absolute atomic E-state index is 0.148. The van der Waals surface area contributed by atoms with E-state index in [-0.39, 0.29) is 11.8 Å². The number of benzene rings is 1. The second-order valence-corrected chi connectivity index (χ2v) is 2.63. The Morgan fingerprint density at radius 1 is 0.769 bits per heavy atom. The van der Waals surface area contributed by atoms with Crippen molar-refractivity contribution in [2.45, 2.75) is 12.8 Å². The lowest BCUT2D eigenvalue weighted by molar-refractivity contribution is -0.124. The second kappa shape index (κ2) is 5.09. The zero-order valence-corrected chi connectivity index (χ0v) is 7.19. The van der Waals surface area contributed by atoms with Crippen molar-refractivity contribution in [3.63, 3.8) is 0 Å². The molecule has 0 saturated carbocycles. The predicted molar refractivity (Wildman–Crippen MR) is 48.8 cm³/mol. The van der Waals surface area contributed by atoms with Gasteiger partial charge in [0.15, 0.2) is 0 Å². The Morgan fingerprint density at radius 2 is 1.08 bits per heavy atom. The van der Waals surface area contributed by atoms with E-state index in [1.165, 1.54) is 0 Å². The summed E-state index contributed by atoms with van der Waals surface area (Å²) in [6.45, 7) is 0. The van der Waals surface area contributed by atoms with Gasteiger partial charge in [0.05, 0.1) is 0 Å². The van der Waals surface area contributed by atoms with Gasteiger partial charge in [-0.05, 0) is 0 Å². The average molecular weight is 177 g/mol. The molecule has 1 aliphatic heterocycles. The van der Waals surface area contributed by atoms with Gasteiger partial charge in [-0.25, -0.2) is 0 Å². The van der Waals surface area contributed by atoms with Crippen LogP contribution in [0.5, 0.6) is 0 Å². The van der Waals surface area contributed by atoms with E-state index in [2.05, 4.69) is 5.32 Å². The summed E-state index contributed by atoms with van der Waals surface area (Å²) in [7, 11) is 0. The summed E-state index contributed by atoms with van der Waals surface area (Å²) < 4.78 is 0. The molecule has 0 spiro atoms. The van der Waals surface area contributed by atoms with Gasteiger partial charge in [-0.3, -0.25) is 14.9 Å². The van der Waals surface area contributed by atoms with E-state index in [0.29, 0.717) is 12.8 Å². The van der Waals surface area contributed by atoms with Crippen molar-refractivity contribution in [1.82, 2.24) is 5.32 Å². The molecule has 0 unspecified atom stereocenters. The summed E-state index contributed by atoms with van der Waals surface area (Å²) >= 11 is 0. The van der Waals surface area contributed by atoms with Crippen LogP contribution in [0.1, 0.15) is 12.8 Å². The fraction of sp³-hybridized carbons (Fsp3) is 0.200. The molecule has 1 aromatic rings. The van der Waals surface area contributed by atoms with Crippen LogP contribution in [-0.2, 0) is 9.59 Å². The third kappa shape index (κ3) is 4.06. The molecule has 1 fully saturated rings. The van der Waals surface area contributed by atoms with Crippen LogP contribution in [0, 0.1) is 0 Å². The topological polar surface area (TPSA) is 46.2 Å². The second-order valence-electron chi connectivity index (χ2n) is 2.63. The molecule has 1 aliphatic rings. The Bertz CT molecular complexity index is 242. The molecule has 68 valence electrons. The maximum absolute atomic E-state index is 10.1. The number of carbonyl (C=O) groups is 2. The third-order valence-corrected chi connectivity index (χ3v) is 1.52. The van der Waals surface area contributed by atoms with Crippen LogP contribution in [-0.4, -0.2) is 11.8 Å². The van der Waals surface area contributed by atoms with Gasteiger partial charge in [0.25, 0.3) is 0 Å². The fourth-order valence-electron chi connectivity index (χ4n) is 0.892. The Kier molecular flexibility index (Phi) is 3.70. The van der Waals surface area contributed by atoms with Gasteiger partial charge < -0.3 is 0 Å². The van der Waals surface area contributed by atoms with Crippen molar-refractivity contribution in [3.8, 4) is 0 Å². The molecule has 0 aromatic heterocycles. The summed E-state index contributed by atoms with van der Waals surface area (Å²) in [4.78, 5) is 20.2. The van der Waals surface area contributed by atoms with E-state index >= 15 is 0 Å². The number of imide groups is 1. The standard InChI is InChI=1S/C6H6.C4H5NO2/c1-2-4-6-5-3-1;6-3-1-2-4(7)5-3/h1-6H;1-2H2,(H,5,6,7). The number of rotatable bonds is 0. The van der Waals surface area contributed by atoms with Gasteiger partial charge in [0.2, 0.25) is 11.8 Å². The van der Waals surface area contributed by atoms with Crippen molar-refractivity contribution in [3.05, 3.63) is 36.4 Å². The van der Waals surface area contributed by atoms with Gasteiger partial charge in [-0.2, -0.15) is 0 Å². The van der Waals surface area contributed by atoms with Crippen LogP contribution in [0.15, 0.2) is 36.4 Å². The largest absolute Gasteiger partial charge is 0.296 e. The van der Waals surface area contributed by atoms with Crippen molar-refractivity contribution in [2.24, 2.45) is 0 Å². The smallest absolute Gasteiger partial charge is 0.227 e. The molecule has 2 amide bonds. The Labute approximate surface area is 76.8 Å². The highest BCUT2D eigenvalue weighted by Crippen LogP contribution is 1.95. The molecular weight excluding hydrogens is 166 g/mol. The summed E-state index contributed by atoms with van der Waals surface area (Å²) in [6, 6.07) is 12.0. The lowest BCUT2D eigenvalue weighted by Crippen LogP contribution is -2.18. The number of nitrogens with one attached hydrogen (secondary N) is 1. The summed E-state index contributed by atoms with van der Waals surface area (Å²) in [5.41, 5.74) is 0. The number of hydrogen-bond acceptors (Lipinski definition) is 2. The van der Waals surface area contributed by atoms with E-state index in [4.69, 9.17) is 0 Å². The van der Waals surface area contributed by atoms with E-state index in [0.717, 1.165) is 0 Å².